The number of nitrogens with one attached hydrogen (secondary N) is 1. The topological polar surface area (TPSA) is 101 Å². The Kier molecular flexibility index (Phi) is 5.70. The summed E-state index contributed by atoms with van der Waals surface area (Å²) in [5.41, 5.74) is 0.792. The van der Waals surface area contributed by atoms with Crippen LogP contribution in [0.2, 0.25) is 0 Å². The van der Waals surface area contributed by atoms with Crippen LogP contribution in [0.25, 0.3) is 0 Å². The van der Waals surface area contributed by atoms with Crippen LogP contribution >= 0.6 is 0 Å². The molecule has 3 rings (SSSR count). The van der Waals surface area contributed by atoms with Crippen molar-refractivity contribution in [3.63, 3.8) is 0 Å². The van der Waals surface area contributed by atoms with Crippen LogP contribution in [-0.2, 0) is 0 Å². The molecule has 0 radical (unpaired) electrons. The van der Waals surface area contributed by atoms with Crippen LogP contribution in [-0.4, -0.2) is 34.8 Å². The van der Waals surface area contributed by atoms with Crippen LogP contribution in [0.3, 0.4) is 0 Å². The van der Waals surface area contributed by atoms with E-state index < -0.39 is 29.1 Å². The smallest absolute Gasteiger partial charge is 0.404 e. The summed E-state index contributed by atoms with van der Waals surface area (Å²) in [6.07, 6.45) is -2.98. The number of ether oxygens (including phenoxy) is 1. The van der Waals surface area contributed by atoms with E-state index in [2.05, 4.69) is 10.3 Å². The maximum absolute atomic E-state index is 13.6. The molecule has 7 nitrogen and oxygen atoms in total. The number of aryl methyl sites for hydroxylation is 1. The second-order valence-corrected chi connectivity index (χ2v) is 6.83. The summed E-state index contributed by atoms with van der Waals surface area (Å²) in [6, 6.07) is 6.56. The van der Waals surface area contributed by atoms with Crippen LogP contribution in [0.1, 0.15) is 29.2 Å². The van der Waals surface area contributed by atoms with Gasteiger partial charge in [0.15, 0.2) is 0 Å². The van der Waals surface area contributed by atoms with Gasteiger partial charge in [0.1, 0.15) is 30.2 Å². The quantitative estimate of drug-likeness (QED) is 0.601. The number of nitriles is 1. The predicted molar refractivity (Wildman–Crippen MR) is 96.4 cm³/mol. The maximum atomic E-state index is 13.6. The highest BCUT2D eigenvalue weighted by Gasteiger charge is 2.50. The summed E-state index contributed by atoms with van der Waals surface area (Å²) >= 11 is 0. The Morgan fingerprint density at radius 1 is 1.38 bits per heavy atom. The van der Waals surface area contributed by atoms with Gasteiger partial charge in [-0.3, -0.25) is 15.4 Å². The van der Waals surface area contributed by atoms with Crippen LogP contribution in [0.4, 0.5) is 18.9 Å². The Labute approximate surface area is 164 Å². The number of benzene rings is 1. The molecule has 10 heteroatoms. The van der Waals surface area contributed by atoms with Crippen molar-refractivity contribution in [1.29, 1.82) is 5.26 Å². The van der Waals surface area contributed by atoms with Crippen LogP contribution < -0.4 is 10.1 Å². The highest BCUT2D eigenvalue weighted by atomic mass is 19.4. The van der Waals surface area contributed by atoms with Crippen LogP contribution in [0.5, 0.6) is 5.75 Å². The highest BCUT2D eigenvalue weighted by Crippen LogP contribution is 2.40. The second-order valence-electron chi connectivity index (χ2n) is 6.83. The lowest BCUT2D eigenvalue weighted by Gasteiger charge is -2.23. The Morgan fingerprint density at radius 2 is 2.14 bits per heavy atom. The fourth-order valence-electron chi connectivity index (χ4n) is 3.49. The lowest BCUT2D eigenvalue weighted by atomic mass is 9.89. The molecule has 1 saturated heterocycles. The van der Waals surface area contributed by atoms with Crippen molar-refractivity contribution >= 4 is 5.69 Å². The summed E-state index contributed by atoms with van der Waals surface area (Å²) in [5, 5.41) is 22.3. The molecule has 1 aliphatic heterocycles. The fourth-order valence-corrected chi connectivity index (χ4v) is 3.49. The predicted octanol–water partition coefficient (Wildman–Crippen LogP) is 3.63. The molecule has 2 aromatic rings. The number of rotatable bonds is 5. The van der Waals surface area contributed by atoms with E-state index in [9.17, 15) is 23.3 Å². The van der Waals surface area contributed by atoms with E-state index in [0.717, 1.165) is 0 Å². The van der Waals surface area contributed by atoms with Gasteiger partial charge in [0.05, 0.1) is 11.1 Å². The van der Waals surface area contributed by atoms with Crippen LogP contribution in [0, 0.1) is 28.4 Å². The molecule has 1 aromatic heterocycles. The molecule has 1 aliphatic rings. The average Bonchev–Trinajstić information content (AvgIpc) is 3.11. The van der Waals surface area contributed by atoms with Gasteiger partial charge in [0.2, 0.25) is 0 Å². The van der Waals surface area contributed by atoms with Crippen molar-refractivity contribution in [2.45, 2.75) is 37.5 Å². The van der Waals surface area contributed by atoms with E-state index in [1.54, 1.807) is 0 Å². The van der Waals surface area contributed by atoms with Gasteiger partial charge in [-0.15, -0.1) is 0 Å². The fraction of sp³-hybridized carbons (Fsp3) is 0.368. The first-order valence-electron chi connectivity index (χ1n) is 8.75. The third-order valence-corrected chi connectivity index (χ3v) is 4.86. The summed E-state index contributed by atoms with van der Waals surface area (Å²) in [4.78, 5) is 14.3. The number of nitro groups is 1. The van der Waals surface area contributed by atoms with E-state index >= 15 is 0 Å². The van der Waals surface area contributed by atoms with Gasteiger partial charge >= 0.3 is 6.18 Å². The Morgan fingerprint density at radius 3 is 2.69 bits per heavy atom. The average molecular weight is 406 g/mol. The molecule has 2 heterocycles. The van der Waals surface area contributed by atoms with Crippen molar-refractivity contribution in [2.75, 3.05) is 6.61 Å². The van der Waals surface area contributed by atoms with Gasteiger partial charge in [0, 0.05) is 23.6 Å². The summed E-state index contributed by atoms with van der Waals surface area (Å²) in [7, 11) is 0. The molecule has 0 amide bonds. The zero-order valence-corrected chi connectivity index (χ0v) is 15.3. The minimum Gasteiger partial charge on any atom is -0.490 e. The zero-order valence-electron chi connectivity index (χ0n) is 15.3. The third-order valence-electron chi connectivity index (χ3n) is 4.86. The van der Waals surface area contributed by atoms with Crippen molar-refractivity contribution in [2.24, 2.45) is 0 Å². The first-order chi connectivity index (χ1) is 13.7. The number of hydrogen-bond acceptors (Lipinski definition) is 6. The number of nitro benzene ring substituents is 1. The first kappa shape index (κ1) is 20.5. The van der Waals surface area contributed by atoms with Crippen molar-refractivity contribution < 1.29 is 22.8 Å². The highest BCUT2D eigenvalue weighted by molar-refractivity contribution is 5.43. The molecule has 29 heavy (non-hydrogen) atoms. The van der Waals surface area contributed by atoms with E-state index in [0.29, 0.717) is 16.9 Å². The van der Waals surface area contributed by atoms with Gasteiger partial charge in [-0.05, 0) is 37.1 Å². The Balaban J connectivity index is 1.75. The van der Waals surface area contributed by atoms with Crippen molar-refractivity contribution in [3.05, 3.63) is 63.5 Å². The lowest BCUT2D eigenvalue weighted by molar-refractivity contribution is -0.385. The molecule has 1 aromatic carbocycles. The number of halogens is 3. The minimum atomic E-state index is -4.48. The van der Waals surface area contributed by atoms with Gasteiger partial charge in [0.25, 0.3) is 5.69 Å². The second kappa shape index (κ2) is 8.05. The number of hydrogen-bond donors (Lipinski definition) is 1. The van der Waals surface area contributed by atoms with Crippen LogP contribution in [0.15, 0.2) is 36.5 Å². The minimum absolute atomic E-state index is 0.0113. The van der Waals surface area contributed by atoms with E-state index in [1.165, 1.54) is 43.5 Å². The molecular formula is C19H17F3N4O3. The van der Waals surface area contributed by atoms with Gasteiger partial charge in [-0.2, -0.15) is 18.4 Å². The summed E-state index contributed by atoms with van der Waals surface area (Å²) in [6.45, 7) is 1.49. The Hall–Kier alpha value is -3.19. The molecular weight excluding hydrogens is 389 g/mol. The van der Waals surface area contributed by atoms with Crippen molar-refractivity contribution in [3.8, 4) is 11.8 Å². The molecule has 0 bridgehead atoms. The third kappa shape index (κ3) is 4.63. The first-order valence-corrected chi connectivity index (χ1v) is 8.75. The van der Waals surface area contributed by atoms with Gasteiger partial charge < -0.3 is 4.74 Å². The number of aromatic nitrogens is 1. The normalized spacial score (nSPS) is 21.6. The molecule has 0 spiro atoms. The largest absolute Gasteiger partial charge is 0.490 e. The van der Waals surface area contributed by atoms with Crippen molar-refractivity contribution in [1.82, 2.24) is 10.3 Å². The van der Waals surface area contributed by atoms with E-state index in [4.69, 9.17) is 10.00 Å². The summed E-state index contributed by atoms with van der Waals surface area (Å²) < 4.78 is 46.2. The maximum Gasteiger partial charge on any atom is 0.404 e. The van der Waals surface area contributed by atoms with Gasteiger partial charge in [-0.25, -0.2) is 4.98 Å². The summed E-state index contributed by atoms with van der Waals surface area (Å²) in [5.74, 6) is -0.536. The molecule has 0 aliphatic carbocycles. The molecule has 1 fully saturated rings. The standard InChI is InChI=1S/C19H17F3N4O3/c1-11-6-12(2-5-17(11)26(27)28)16-7-14(25-18(16)19(20,21)22)10-29-15-4-3-13(8-23)24-9-15/h2-6,9,14,16,18,25H,7,10H2,1H3. The molecule has 3 unspecified atom stereocenters. The monoisotopic (exact) mass is 406 g/mol. The lowest BCUT2D eigenvalue weighted by Crippen LogP contribution is -2.44. The zero-order chi connectivity index (χ0) is 21.2. The van der Waals surface area contributed by atoms with E-state index in [-0.39, 0.29) is 24.4 Å². The van der Waals surface area contributed by atoms with Gasteiger partial charge in [-0.1, -0.05) is 6.07 Å². The molecule has 1 N–H and O–H groups in total. The molecule has 0 saturated carbocycles. The number of alkyl halides is 3. The van der Waals surface area contributed by atoms with E-state index in [1.807, 2.05) is 6.07 Å². The molecule has 152 valence electrons. The number of nitrogens with zero attached hydrogens (tertiary/aromatic N) is 3. The number of pyridine rings is 1. The SMILES string of the molecule is Cc1cc(C2CC(COc3ccc(C#N)nc3)NC2C(F)(F)F)ccc1[N+](=O)[O-]. The molecule has 3 atom stereocenters. The Bertz CT molecular complexity index is 941.